The maximum absolute atomic E-state index is 10.6. The van der Waals surface area contributed by atoms with Gasteiger partial charge in [-0.1, -0.05) is 0 Å². The lowest BCUT2D eigenvalue weighted by atomic mass is 10.3. The molecule has 2 heterocycles. The first kappa shape index (κ1) is 6.42. The zero-order valence-corrected chi connectivity index (χ0v) is 6.31. The third kappa shape index (κ3) is 0.832. The molecule has 2 aromatic heterocycles. The first-order valence-electron chi connectivity index (χ1n) is 3.07. The van der Waals surface area contributed by atoms with Crippen molar-refractivity contribution < 1.29 is 9.90 Å². The molecule has 2 aromatic rings. The van der Waals surface area contributed by atoms with Crippen LogP contribution < -0.4 is 0 Å². The quantitative estimate of drug-likeness (QED) is 0.681. The van der Waals surface area contributed by atoms with Crippen LogP contribution in [0.2, 0.25) is 0 Å². The number of carboxylic acid groups (broad SMARTS) is 1. The molecule has 0 fully saturated rings. The van der Waals surface area contributed by atoms with Gasteiger partial charge in [-0.25, -0.2) is 4.79 Å². The number of carbonyl (C=O) groups is 1. The Hall–Kier alpha value is -1.29. The van der Waals surface area contributed by atoms with E-state index in [4.69, 9.17) is 5.11 Å². The number of rotatable bonds is 1. The number of nitrogens with one attached hydrogen (secondary N) is 1. The molecular weight excluding hydrogens is 162 g/mol. The summed E-state index contributed by atoms with van der Waals surface area (Å²) in [5, 5.41) is 10.3. The van der Waals surface area contributed by atoms with E-state index in [1.807, 2.05) is 6.07 Å². The highest BCUT2D eigenvalue weighted by Crippen LogP contribution is 2.23. The van der Waals surface area contributed by atoms with Crippen molar-refractivity contribution in [3.8, 4) is 0 Å². The average molecular weight is 167 g/mol. The van der Waals surface area contributed by atoms with E-state index < -0.39 is 5.97 Å². The molecule has 0 saturated carbocycles. The number of hydrogen-bond donors (Lipinski definition) is 2. The number of aromatic amines is 1. The van der Waals surface area contributed by atoms with Crippen molar-refractivity contribution in [2.24, 2.45) is 0 Å². The summed E-state index contributed by atoms with van der Waals surface area (Å²) in [6.45, 7) is 0. The minimum absolute atomic E-state index is 0.356. The molecule has 0 aliphatic heterocycles. The molecule has 4 heteroatoms. The molecule has 0 unspecified atom stereocenters. The van der Waals surface area contributed by atoms with Crippen LogP contribution in [0.25, 0.3) is 10.2 Å². The molecule has 2 N–H and O–H groups in total. The van der Waals surface area contributed by atoms with Gasteiger partial charge in [0.25, 0.3) is 0 Å². The topological polar surface area (TPSA) is 53.1 Å². The summed E-state index contributed by atoms with van der Waals surface area (Å²) in [5.74, 6) is -0.876. The summed E-state index contributed by atoms with van der Waals surface area (Å²) in [6, 6.07) is 1.87. The van der Waals surface area contributed by atoms with Gasteiger partial charge in [0.05, 0.1) is 15.8 Å². The van der Waals surface area contributed by atoms with E-state index in [1.165, 1.54) is 11.3 Å². The van der Waals surface area contributed by atoms with Crippen LogP contribution in [0.5, 0.6) is 0 Å². The Morgan fingerprint density at radius 1 is 1.64 bits per heavy atom. The van der Waals surface area contributed by atoms with E-state index in [2.05, 4.69) is 4.98 Å². The summed E-state index contributed by atoms with van der Waals surface area (Å²) in [6.07, 6.45) is 1.74. The lowest BCUT2D eigenvalue weighted by molar-refractivity contribution is 0.0699. The molecule has 3 nitrogen and oxygen atoms in total. The molecule has 0 saturated heterocycles. The van der Waals surface area contributed by atoms with Crippen molar-refractivity contribution >= 4 is 27.5 Å². The van der Waals surface area contributed by atoms with E-state index in [0.717, 1.165) is 10.2 Å². The molecule has 0 atom stereocenters. The second-order valence-corrected chi connectivity index (χ2v) is 3.08. The van der Waals surface area contributed by atoms with Crippen molar-refractivity contribution in [3.63, 3.8) is 0 Å². The number of fused-ring (bicyclic) bond motifs is 1. The summed E-state index contributed by atoms with van der Waals surface area (Å²) >= 11 is 1.44. The van der Waals surface area contributed by atoms with Gasteiger partial charge < -0.3 is 10.1 Å². The molecule has 0 amide bonds. The molecule has 0 spiro atoms. The number of thiophene rings is 1. The standard InChI is InChI=1S/C7H5NO2S/c9-7(10)4-3-11-5-1-2-8-6(4)5/h1-3,8H,(H,9,10). The van der Waals surface area contributed by atoms with Crippen LogP contribution >= 0.6 is 11.3 Å². The van der Waals surface area contributed by atoms with Gasteiger partial charge in [0, 0.05) is 11.6 Å². The Morgan fingerprint density at radius 3 is 3.18 bits per heavy atom. The monoisotopic (exact) mass is 167 g/mol. The Labute approximate surface area is 66.3 Å². The van der Waals surface area contributed by atoms with E-state index in [9.17, 15) is 4.79 Å². The van der Waals surface area contributed by atoms with Crippen molar-refractivity contribution in [3.05, 3.63) is 23.2 Å². The first-order chi connectivity index (χ1) is 5.29. The molecule has 0 bridgehead atoms. The minimum atomic E-state index is -0.876. The van der Waals surface area contributed by atoms with Gasteiger partial charge in [-0.3, -0.25) is 0 Å². The molecule has 0 aliphatic rings. The molecular formula is C7H5NO2S. The zero-order valence-electron chi connectivity index (χ0n) is 5.50. The fourth-order valence-electron chi connectivity index (χ4n) is 1.00. The lowest BCUT2D eigenvalue weighted by Crippen LogP contribution is -1.93. The maximum Gasteiger partial charge on any atom is 0.338 e. The Kier molecular flexibility index (Phi) is 1.22. The molecule has 11 heavy (non-hydrogen) atoms. The highest BCUT2D eigenvalue weighted by molar-refractivity contribution is 7.17. The van der Waals surface area contributed by atoms with Gasteiger partial charge in [0.2, 0.25) is 0 Å². The lowest BCUT2D eigenvalue weighted by Gasteiger charge is -1.84. The Morgan fingerprint density at radius 2 is 2.45 bits per heavy atom. The third-order valence-corrected chi connectivity index (χ3v) is 2.46. The third-order valence-electron chi connectivity index (χ3n) is 1.51. The van der Waals surface area contributed by atoms with E-state index in [-0.39, 0.29) is 0 Å². The Balaban J connectivity index is 2.78. The molecule has 56 valence electrons. The predicted octanol–water partition coefficient (Wildman–Crippen LogP) is 1.93. The molecule has 0 aliphatic carbocycles. The van der Waals surface area contributed by atoms with E-state index in [0.29, 0.717) is 5.56 Å². The van der Waals surface area contributed by atoms with Crippen molar-refractivity contribution in [2.45, 2.75) is 0 Å². The summed E-state index contributed by atoms with van der Waals surface area (Å²) in [4.78, 5) is 13.4. The summed E-state index contributed by atoms with van der Waals surface area (Å²) in [5.41, 5.74) is 1.08. The molecule has 0 aromatic carbocycles. The highest BCUT2D eigenvalue weighted by Gasteiger charge is 2.10. The number of H-pyrrole nitrogens is 1. The van der Waals surface area contributed by atoms with Gasteiger partial charge in [-0.2, -0.15) is 0 Å². The van der Waals surface area contributed by atoms with Gasteiger partial charge in [-0.15, -0.1) is 11.3 Å². The van der Waals surface area contributed by atoms with Crippen LogP contribution in [0.15, 0.2) is 17.6 Å². The normalized spacial score (nSPS) is 10.5. The van der Waals surface area contributed by atoms with Gasteiger partial charge in [0.15, 0.2) is 0 Å². The highest BCUT2D eigenvalue weighted by atomic mass is 32.1. The van der Waals surface area contributed by atoms with Crippen LogP contribution in [-0.4, -0.2) is 16.1 Å². The van der Waals surface area contributed by atoms with Crippen LogP contribution in [0, 0.1) is 0 Å². The molecule has 0 radical (unpaired) electrons. The maximum atomic E-state index is 10.6. The van der Waals surface area contributed by atoms with Gasteiger partial charge in [0.1, 0.15) is 0 Å². The second-order valence-electron chi connectivity index (χ2n) is 2.17. The number of aromatic nitrogens is 1. The van der Waals surface area contributed by atoms with E-state index in [1.54, 1.807) is 11.6 Å². The predicted molar refractivity (Wildman–Crippen MR) is 43.1 cm³/mol. The first-order valence-corrected chi connectivity index (χ1v) is 3.95. The van der Waals surface area contributed by atoms with Crippen molar-refractivity contribution in [2.75, 3.05) is 0 Å². The molecule has 2 rings (SSSR count). The SMILES string of the molecule is O=C(O)c1csc2cc[nH]c12. The summed E-state index contributed by atoms with van der Waals surface area (Å²) in [7, 11) is 0. The van der Waals surface area contributed by atoms with Crippen LogP contribution in [0.3, 0.4) is 0 Å². The second kappa shape index (κ2) is 2.10. The van der Waals surface area contributed by atoms with Crippen LogP contribution in [-0.2, 0) is 0 Å². The number of carboxylic acids is 1. The largest absolute Gasteiger partial charge is 0.478 e. The fraction of sp³-hybridized carbons (Fsp3) is 0. The van der Waals surface area contributed by atoms with Gasteiger partial charge >= 0.3 is 5.97 Å². The van der Waals surface area contributed by atoms with Crippen molar-refractivity contribution in [1.29, 1.82) is 0 Å². The summed E-state index contributed by atoms with van der Waals surface area (Å²) < 4.78 is 0.988. The fourth-order valence-corrected chi connectivity index (χ4v) is 1.90. The Bertz CT molecular complexity index is 401. The number of aromatic carboxylic acids is 1. The van der Waals surface area contributed by atoms with Gasteiger partial charge in [-0.05, 0) is 6.07 Å². The zero-order chi connectivity index (χ0) is 7.84. The number of hydrogen-bond acceptors (Lipinski definition) is 2. The average Bonchev–Trinajstić information content (AvgIpc) is 2.41. The smallest absolute Gasteiger partial charge is 0.338 e. The van der Waals surface area contributed by atoms with Crippen LogP contribution in [0.4, 0.5) is 0 Å². The minimum Gasteiger partial charge on any atom is -0.478 e. The van der Waals surface area contributed by atoms with E-state index >= 15 is 0 Å². The van der Waals surface area contributed by atoms with Crippen LogP contribution in [0.1, 0.15) is 10.4 Å². The van der Waals surface area contributed by atoms with Crippen molar-refractivity contribution in [1.82, 2.24) is 4.98 Å².